The van der Waals surface area contributed by atoms with Crippen LogP contribution in [0.5, 0.6) is 0 Å². The number of rotatable bonds is 8. The first-order valence-electron chi connectivity index (χ1n) is 5.36. The van der Waals surface area contributed by atoms with Crippen molar-refractivity contribution < 1.29 is 9.47 Å². The van der Waals surface area contributed by atoms with E-state index in [-0.39, 0.29) is 6.29 Å². The van der Waals surface area contributed by atoms with Crippen LogP contribution in [0.3, 0.4) is 0 Å². The highest BCUT2D eigenvalue weighted by Crippen LogP contribution is 2.05. The third-order valence-corrected chi connectivity index (χ3v) is 1.71. The summed E-state index contributed by atoms with van der Waals surface area (Å²) in [7, 11) is 0. The fourth-order valence-electron chi connectivity index (χ4n) is 1.10. The smallest absolute Gasteiger partial charge is 0.157 e. The Hall–Kier alpha value is -0.600. The van der Waals surface area contributed by atoms with E-state index in [1.807, 2.05) is 32.9 Å². The molecule has 0 saturated heterocycles. The average molecular weight is 198 g/mol. The van der Waals surface area contributed by atoms with Crippen molar-refractivity contribution in [1.82, 2.24) is 0 Å². The van der Waals surface area contributed by atoms with Gasteiger partial charge >= 0.3 is 0 Å². The molecule has 0 bridgehead atoms. The van der Waals surface area contributed by atoms with Gasteiger partial charge in [-0.3, -0.25) is 0 Å². The predicted octanol–water partition coefficient (Wildman–Crippen LogP) is 3.30. The fourth-order valence-corrected chi connectivity index (χ4v) is 1.10. The van der Waals surface area contributed by atoms with Gasteiger partial charge in [0.1, 0.15) is 0 Å². The van der Waals surface area contributed by atoms with Gasteiger partial charge in [0, 0.05) is 19.6 Å². The van der Waals surface area contributed by atoms with Gasteiger partial charge in [-0.15, -0.1) is 0 Å². The van der Waals surface area contributed by atoms with Crippen LogP contribution in [0.2, 0.25) is 0 Å². The lowest BCUT2D eigenvalue weighted by atomic mass is 10.2. The van der Waals surface area contributed by atoms with Gasteiger partial charge in [-0.2, -0.15) is 0 Å². The lowest BCUT2D eigenvalue weighted by molar-refractivity contribution is -0.138. The first-order chi connectivity index (χ1) is 6.85. The Balaban J connectivity index is 3.58. The fraction of sp³-hybridized carbons (Fsp3) is 0.667. The molecule has 0 N–H and O–H groups in total. The van der Waals surface area contributed by atoms with Crippen LogP contribution in [-0.2, 0) is 9.47 Å². The van der Waals surface area contributed by atoms with Crippen molar-refractivity contribution in [3.63, 3.8) is 0 Å². The molecule has 14 heavy (non-hydrogen) atoms. The molecule has 0 saturated carbocycles. The molecule has 2 heteroatoms. The third kappa shape index (κ3) is 8.02. The summed E-state index contributed by atoms with van der Waals surface area (Å²) in [5.74, 6) is 0. The van der Waals surface area contributed by atoms with E-state index < -0.39 is 0 Å². The Bertz CT molecular complexity index is 156. The minimum absolute atomic E-state index is 0.0414. The molecule has 0 fully saturated rings. The van der Waals surface area contributed by atoms with Gasteiger partial charge in [0.2, 0.25) is 0 Å². The number of ether oxygens (including phenoxy) is 2. The van der Waals surface area contributed by atoms with Crippen LogP contribution < -0.4 is 0 Å². The number of hydrogen-bond acceptors (Lipinski definition) is 2. The molecule has 0 spiro atoms. The Morgan fingerprint density at radius 3 is 2.21 bits per heavy atom. The standard InChI is InChI=1S/C12H22O2/c1-4-7-8-9-10-11-12(13-5-2)14-6-3/h4,7-9,12H,5-6,10-11H2,1-3H3/b7-4+,9-8+. The zero-order valence-corrected chi connectivity index (χ0v) is 9.53. The van der Waals surface area contributed by atoms with Crippen molar-refractivity contribution in [2.24, 2.45) is 0 Å². The highest BCUT2D eigenvalue weighted by atomic mass is 16.7. The van der Waals surface area contributed by atoms with Crippen LogP contribution in [0.4, 0.5) is 0 Å². The topological polar surface area (TPSA) is 18.5 Å². The third-order valence-electron chi connectivity index (χ3n) is 1.71. The molecule has 0 aliphatic rings. The van der Waals surface area contributed by atoms with Gasteiger partial charge in [0.05, 0.1) is 0 Å². The molecule has 0 amide bonds. The zero-order valence-electron chi connectivity index (χ0n) is 9.53. The molecule has 0 aliphatic heterocycles. The van der Waals surface area contributed by atoms with Crippen LogP contribution in [0.15, 0.2) is 24.3 Å². The minimum Gasteiger partial charge on any atom is -0.353 e. The summed E-state index contributed by atoms with van der Waals surface area (Å²) in [6, 6.07) is 0. The molecule has 0 aromatic rings. The second kappa shape index (κ2) is 10.5. The van der Waals surface area contributed by atoms with Gasteiger partial charge in [-0.05, 0) is 27.2 Å². The van der Waals surface area contributed by atoms with Crippen molar-refractivity contribution in [2.45, 2.75) is 39.9 Å². The summed E-state index contributed by atoms with van der Waals surface area (Å²) in [4.78, 5) is 0. The molecule has 0 aromatic carbocycles. The maximum absolute atomic E-state index is 5.41. The van der Waals surface area contributed by atoms with Crippen molar-refractivity contribution in [3.05, 3.63) is 24.3 Å². The summed E-state index contributed by atoms with van der Waals surface area (Å²) in [6.45, 7) is 7.41. The molecule has 2 nitrogen and oxygen atoms in total. The van der Waals surface area contributed by atoms with Gasteiger partial charge in [-0.1, -0.05) is 24.3 Å². The van der Waals surface area contributed by atoms with Crippen LogP contribution in [0, 0.1) is 0 Å². The molecule has 0 heterocycles. The maximum Gasteiger partial charge on any atom is 0.157 e. The molecule has 82 valence electrons. The monoisotopic (exact) mass is 198 g/mol. The van der Waals surface area contributed by atoms with Crippen molar-refractivity contribution in [1.29, 1.82) is 0 Å². The van der Waals surface area contributed by atoms with Crippen molar-refractivity contribution in [2.75, 3.05) is 13.2 Å². The molecule has 0 rings (SSSR count). The molecule has 0 aromatic heterocycles. The Kier molecular flexibility index (Phi) is 10.0. The van der Waals surface area contributed by atoms with Crippen LogP contribution in [0.25, 0.3) is 0 Å². The molecular weight excluding hydrogens is 176 g/mol. The first-order valence-corrected chi connectivity index (χ1v) is 5.36. The van der Waals surface area contributed by atoms with Crippen molar-refractivity contribution >= 4 is 0 Å². The summed E-state index contributed by atoms with van der Waals surface area (Å²) < 4.78 is 10.8. The Morgan fingerprint density at radius 1 is 1.07 bits per heavy atom. The maximum atomic E-state index is 5.41. The minimum atomic E-state index is -0.0414. The van der Waals surface area contributed by atoms with E-state index in [0.29, 0.717) is 13.2 Å². The molecular formula is C12H22O2. The largest absolute Gasteiger partial charge is 0.353 e. The number of hydrogen-bond donors (Lipinski definition) is 0. The first kappa shape index (κ1) is 13.4. The second-order valence-corrected chi connectivity index (χ2v) is 2.87. The highest BCUT2D eigenvalue weighted by Gasteiger charge is 2.04. The van der Waals surface area contributed by atoms with E-state index in [1.165, 1.54) is 0 Å². The summed E-state index contributed by atoms with van der Waals surface area (Å²) in [5, 5.41) is 0. The summed E-state index contributed by atoms with van der Waals surface area (Å²) in [6.07, 6.45) is 10.1. The molecule has 0 unspecified atom stereocenters. The lowest BCUT2D eigenvalue weighted by Gasteiger charge is -2.15. The van der Waals surface area contributed by atoms with Gasteiger partial charge in [-0.25, -0.2) is 0 Å². The van der Waals surface area contributed by atoms with Gasteiger partial charge in [0.15, 0.2) is 6.29 Å². The zero-order chi connectivity index (χ0) is 10.6. The van der Waals surface area contributed by atoms with Crippen LogP contribution in [-0.4, -0.2) is 19.5 Å². The highest BCUT2D eigenvalue weighted by molar-refractivity contribution is 5.00. The SMILES string of the molecule is C/C=C/C=C/CCC(OCC)OCC. The number of allylic oxidation sites excluding steroid dienone is 4. The average Bonchev–Trinajstić information content (AvgIpc) is 2.18. The van der Waals surface area contributed by atoms with Gasteiger partial charge < -0.3 is 9.47 Å². The Labute approximate surface area is 87.6 Å². The van der Waals surface area contributed by atoms with E-state index >= 15 is 0 Å². The van der Waals surface area contributed by atoms with E-state index in [2.05, 4.69) is 12.2 Å². The molecule has 0 atom stereocenters. The normalized spacial score (nSPS) is 12.3. The van der Waals surface area contributed by atoms with Gasteiger partial charge in [0.25, 0.3) is 0 Å². The Morgan fingerprint density at radius 2 is 1.71 bits per heavy atom. The second-order valence-electron chi connectivity index (χ2n) is 2.87. The van der Waals surface area contributed by atoms with E-state index in [0.717, 1.165) is 12.8 Å². The lowest BCUT2D eigenvalue weighted by Crippen LogP contribution is -2.16. The van der Waals surface area contributed by atoms with E-state index in [4.69, 9.17) is 9.47 Å². The molecule has 0 radical (unpaired) electrons. The van der Waals surface area contributed by atoms with Crippen LogP contribution >= 0.6 is 0 Å². The van der Waals surface area contributed by atoms with E-state index in [1.54, 1.807) is 0 Å². The quantitative estimate of drug-likeness (QED) is 0.440. The summed E-state index contributed by atoms with van der Waals surface area (Å²) >= 11 is 0. The van der Waals surface area contributed by atoms with Crippen molar-refractivity contribution in [3.8, 4) is 0 Å². The summed E-state index contributed by atoms with van der Waals surface area (Å²) in [5.41, 5.74) is 0. The van der Waals surface area contributed by atoms with Crippen LogP contribution in [0.1, 0.15) is 33.6 Å². The molecule has 0 aliphatic carbocycles. The van der Waals surface area contributed by atoms with E-state index in [9.17, 15) is 0 Å². The predicted molar refractivity (Wildman–Crippen MR) is 60.2 cm³/mol.